The van der Waals surface area contributed by atoms with Gasteiger partial charge in [-0.25, -0.2) is 10.2 Å². The minimum Gasteiger partial charge on any atom is -0.493 e. The SMILES string of the molecule is COc1cc(CNNc2ccccc2)cc(Br)c1OC(=O)c1ccccc1. The largest absolute Gasteiger partial charge is 0.493 e. The van der Waals surface area contributed by atoms with Crippen LogP contribution in [0.25, 0.3) is 0 Å². The van der Waals surface area contributed by atoms with Crippen molar-refractivity contribution >= 4 is 27.6 Å². The summed E-state index contributed by atoms with van der Waals surface area (Å²) in [5.74, 6) is 0.391. The molecule has 0 aliphatic rings. The van der Waals surface area contributed by atoms with Crippen molar-refractivity contribution in [2.24, 2.45) is 0 Å². The first-order chi connectivity index (χ1) is 13.2. The first-order valence-electron chi connectivity index (χ1n) is 8.35. The fraction of sp³-hybridized carbons (Fsp3) is 0.0952. The summed E-state index contributed by atoms with van der Waals surface area (Å²) in [4.78, 5) is 12.3. The molecule has 0 spiro atoms. The second-order valence-corrected chi connectivity index (χ2v) is 6.56. The number of hydrazine groups is 1. The summed E-state index contributed by atoms with van der Waals surface area (Å²) in [6.07, 6.45) is 0. The van der Waals surface area contributed by atoms with Crippen LogP contribution in [0.2, 0.25) is 0 Å². The molecule has 0 fully saturated rings. The van der Waals surface area contributed by atoms with Crippen LogP contribution in [0.4, 0.5) is 5.69 Å². The molecule has 3 rings (SSSR count). The highest BCUT2D eigenvalue weighted by Gasteiger charge is 2.16. The molecule has 0 amide bonds. The van der Waals surface area contributed by atoms with Gasteiger partial charge < -0.3 is 14.9 Å². The molecule has 0 radical (unpaired) electrons. The Labute approximate surface area is 166 Å². The average molecular weight is 427 g/mol. The van der Waals surface area contributed by atoms with E-state index < -0.39 is 5.97 Å². The smallest absolute Gasteiger partial charge is 0.343 e. The van der Waals surface area contributed by atoms with E-state index in [4.69, 9.17) is 9.47 Å². The third-order valence-corrected chi connectivity index (χ3v) is 4.38. The zero-order valence-corrected chi connectivity index (χ0v) is 16.3. The molecule has 3 aromatic carbocycles. The number of methoxy groups -OCH3 is 1. The maximum Gasteiger partial charge on any atom is 0.343 e. The second kappa shape index (κ2) is 9.21. The molecule has 0 unspecified atom stereocenters. The van der Waals surface area contributed by atoms with Gasteiger partial charge in [-0.1, -0.05) is 36.4 Å². The number of halogens is 1. The number of hydrogen-bond acceptors (Lipinski definition) is 5. The Morgan fingerprint density at radius 2 is 1.67 bits per heavy atom. The molecule has 0 aliphatic carbocycles. The van der Waals surface area contributed by atoms with Gasteiger partial charge in [-0.3, -0.25) is 0 Å². The van der Waals surface area contributed by atoms with Crippen LogP contribution in [0, 0.1) is 0 Å². The van der Waals surface area contributed by atoms with Gasteiger partial charge in [0.25, 0.3) is 0 Å². The Hall–Kier alpha value is -2.83. The highest BCUT2D eigenvalue weighted by molar-refractivity contribution is 9.10. The summed E-state index contributed by atoms with van der Waals surface area (Å²) in [5.41, 5.74) is 8.68. The molecule has 0 atom stereocenters. The van der Waals surface area contributed by atoms with E-state index in [1.807, 2.05) is 48.5 Å². The number of benzene rings is 3. The third kappa shape index (κ3) is 5.09. The van der Waals surface area contributed by atoms with Crippen LogP contribution in [-0.4, -0.2) is 13.1 Å². The zero-order chi connectivity index (χ0) is 19.1. The first kappa shape index (κ1) is 18.9. The maximum absolute atomic E-state index is 12.3. The first-order valence-corrected chi connectivity index (χ1v) is 9.14. The van der Waals surface area contributed by atoms with Crippen molar-refractivity contribution in [1.82, 2.24) is 5.43 Å². The monoisotopic (exact) mass is 426 g/mol. The number of hydrogen-bond donors (Lipinski definition) is 2. The van der Waals surface area contributed by atoms with Gasteiger partial charge >= 0.3 is 5.97 Å². The maximum atomic E-state index is 12.3. The van der Waals surface area contributed by atoms with Crippen molar-refractivity contribution in [2.45, 2.75) is 6.54 Å². The van der Waals surface area contributed by atoms with E-state index in [0.29, 0.717) is 28.1 Å². The van der Waals surface area contributed by atoms with Crippen LogP contribution < -0.4 is 20.3 Å². The average Bonchev–Trinajstić information content (AvgIpc) is 2.71. The Morgan fingerprint density at radius 3 is 2.33 bits per heavy atom. The number of rotatable bonds is 7. The number of para-hydroxylation sites is 1. The minimum atomic E-state index is -0.439. The van der Waals surface area contributed by atoms with Gasteiger partial charge in [0.2, 0.25) is 0 Å². The van der Waals surface area contributed by atoms with Crippen LogP contribution in [0.3, 0.4) is 0 Å². The highest BCUT2D eigenvalue weighted by Crippen LogP contribution is 2.37. The van der Waals surface area contributed by atoms with Gasteiger partial charge in [-0.05, 0) is 57.9 Å². The second-order valence-electron chi connectivity index (χ2n) is 5.71. The summed E-state index contributed by atoms with van der Waals surface area (Å²) in [7, 11) is 1.54. The zero-order valence-electron chi connectivity index (χ0n) is 14.7. The molecular weight excluding hydrogens is 408 g/mol. The fourth-order valence-corrected chi connectivity index (χ4v) is 3.04. The molecule has 0 saturated carbocycles. The van der Waals surface area contributed by atoms with Crippen molar-refractivity contribution in [3.8, 4) is 11.5 Å². The predicted octanol–water partition coefficient (Wildman–Crippen LogP) is 4.79. The van der Waals surface area contributed by atoms with Crippen molar-refractivity contribution in [3.05, 3.63) is 88.4 Å². The van der Waals surface area contributed by atoms with Gasteiger partial charge in [-0.15, -0.1) is 0 Å². The molecular formula is C21H19BrN2O3. The van der Waals surface area contributed by atoms with Gasteiger partial charge in [-0.2, -0.15) is 0 Å². The lowest BCUT2D eigenvalue weighted by Crippen LogP contribution is -2.20. The Balaban J connectivity index is 1.70. The van der Waals surface area contributed by atoms with Crippen LogP contribution in [0.15, 0.2) is 77.3 Å². The van der Waals surface area contributed by atoms with Crippen LogP contribution in [0.1, 0.15) is 15.9 Å². The molecule has 0 bridgehead atoms. The molecule has 0 aromatic heterocycles. The van der Waals surface area contributed by atoms with Crippen LogP contribution in [0.5, 0.6) is 11.5 Å². The van der Waals surface area contributed by atoms with Crippen molar-refractivity contribution < 1.29 is 14.3 Å². The van der Waals surface area contributed by atoms with Crippen LogP contribution in [-0.2, 0) is 6.54 Å². The Bertz CT molecular complexity index is 902. The molecule has 138 valence electrons. The minimum absolute atomic E-state index is 0.353. The quantitative estimate of drug-likeness (QED) is 0.323. The lowest BCUT2D eigenvalue weighted by molar-refractivity contribution is 0.0728. The van der Waals surface area contributed by atoms with E-state index in [0.717, 1.165) is 11.3 Å². The Morgan fingerprint density at radius 1 is 1.00 bits per heavy atom. The molecule has 6 heteroatoms. The number of carbonyl (C=O) groups is 1. The van der Waals surface area contributed by atoms with E-state index in [2.05, 4.69) is 26.8 Å². The predicted molar refractivity (Wildman–Crippen MR) is 109 cm³/mol. The number of nitrogens with one attached hydrogen (secondary N) is 2. The normalized spacial score (nSPS) is 10.3. The Kier molecular flexibility index (Phi) is 6.46. The van der Waals surface area contributed by atoms with E-state index in [1.54, 1.807) is 31.4 Å². The van der Waals surface area contributed by atoms with Gasteiger partial charge in [0.15, 0.2) is 11.5 Å². The number of anilines is 1. The summed E-state index contributed by atoms with van der Waals surface area (Å²) in [6.45, 7) is 0.552. The summed E-state index contributed by atoms with van der Waals surface area (Å²) in [5, 5.41) is 0. The number of carbonyl (C=O) groups excluding carboxylic acids is 1. The third-order valence-electron chi connectivity index (χ3n) is 3.79. The molecule has 0 saturated heterocycles. The van der Waals surface area contributed by atoms with E-state index >= 15 is 0 Å². The molecule has 3 aromatic rings. The van der Waals surface area contributed by atoms with Gasteiger partial charge in [0.05, 0.1) is 17.1 Å². The molecule has 5 nitrogen and oxygen atoms in total. The standard InChI is InChI=1S/C21H19BrN2O3/c1-26-19-13-15(14-23-24-17-10-6-3-7-11-17)12-18(22)20(19)27-21(25)16-8-4-2-5-9-16/h2-13,23-24H,14H2,1H3. The van der Waals surface area contributed by atoms with E-state index in [1.165, 1.54) is 0 Å². The highest BCUT2D eigenvalue weighted by atomic mass is 79.9. The topological polar surface area (TPSA) is 59.6 Å². The summed E-state index contributed by atoms with van der Waals surface area (Å²) >= 11 is 3.47. The lowest BCUT2D eigenvalue weighted by atomic mass is 10.2. The lowest BCUT2D eigenvalue weighted by Gasteiger charge is -2.14. The number of ether oxygens (including phenoxy) is 2. The van der Waals surface area contributed by atoms with Crippen LogP contribution >= 0.6 is 15.9 Å². The van der Waals surface area contributed by atoms with Crippen molar-refractivity contribution in [2.75, 3.05) is 12.5 Å². The van der Waals surface area contributed by atoms with Gasteiger partial charge in [0, 0.05) is 12.2 Å². The van der Waals surface area contributed by atoms with Crippen molar-refractivity contribution in [1.29, 1.82) is 0 Å². The molecule has 0 heterocycles. The molecule has 27 heavy (non-hydrogen) atoms. The molecule has 0 aliphatic heterocycles. The fourth-order valence-electron chi connectivity index (χ4n) is 2.47. The summed E-state index contributed by atoms with van der Waals surface area (Å²) in [6, 6.07) is 22.4. The van der Waals surface area contributed by atoms with E-state index in [9.17, 15) is 4.79 Å². The van der Waals surface area contributed by atoms with Crippen molar-refractivity contribution in [3.63, 3.8) is 0 Å². The van der Waals surface area contributed by atoms with Gasteiger partial charge in [0.1, 0.15) is 0 Å². The number of esters is 1. The molecule has 2 N–H and O–H groups in total. The summed E-state index contributed by atoms with van der Waals surface area (Å²) < 4.78 is 11.6. The van der Waals surface area contributed by atoms with E-state index in [-0.39, 0.29) is 0 Å².